The van der Waals surface area contributed by atoms with Crippen molar-refractivity contribution >= 4 is 18.0 Å². The molecule has 0 aromatic rings. The highest BCUT2D eigenvalue weighted by molar-refractivity contribution is 7.95. The highest BCUT2D eigenvalue weighted by Crippen LogP contribution is 2.26. The highest BCUT2D eigenvalue weighted by atomic mass is 32.2. The van der Waals surface area contributed by atoms with Gasteiger partial charge < -0.3 is 9.29 Å². The Morgan fingerprint density at radius 3 is 2.08 bits per heavy atom. The van der Waals surface area contributed by atoms with Crippen molar-refractivity contribution in [2.75, 3.05) is 0 Å². The Balaban J connectivity index is 4.23. The maximum atomic E-state index is 13.0. The molecule has 0 aliphatic heterocycles. The molecular formula is C7H13FO3S. The van der Waals surface area contributed by atoms with Crippen LogP contribution in [0.15, 0.2) is 0 Å². The SMILES string of the molecule is CC(C)(C)OC(=O)C(C)(F)SO. The number of alkyl halides is 1. The van der Waals surface area contributed by atoms with Crippen molar-refractivity contribution in [3.63, 3.8) is 0 Å². The summed E-state index contributed by atoms with van der Waals surface area (Å²) in [6.07, 6.45) is 0. The van der Waals surface area contributed by atoms with Gasteiger partial charge in [-0.25, -0.2) is 9.18 Å². The molecule has 0 spiro atoms. The molecule has 0 bridgehead atoms. The molecule has 0 aromatic carbocycles. The van der Waals surface area contributed by atoms with E-state index in [1.54, 1.807) is 20.8 Å². The third kappa shape index (κ3) is 3.92. The first kappa shape index (κ1) is 11.7. The van der Waals surface area contributed by atoms with Gasteiger partial charge in [-0.1, -0.05) is 0 Å². The highest BCUT2D eigenvalue weighted by Gasteiger charge is 2.38. The van der Waals surface area contributed by atoms with Gasteiger partial charge in [0.1, 0.15) is 5.60 Å². The number of carbonyl (C=O) groups is 1. The number of rotatable bonds is 2. The van der Waals surface area contributed by atoms with Crippen LogP contribution < -0.4 is 0 Å². The monoisotopic (exact) mass is 196 g/mol. The molecule has 0 aromatic heterocycles. The summed E-state index contributed by atoms with van der Waals surface area (Å²) in [4.78, 5) is 10.9. The number of ether oxygens (including phenoxy) is 1. The molecular weight excluding hydrogens is 183 g/mol. The Morgan fingerprint density at radius 2 is 1.83 bits per heavy atom. The Labute approximate surface area is 75.5 Å². The smallest absolute Gasteiger partial charge is 0.357 e. The second-order valence-electron chi connectivity index (χ2n) is 3.51. The predicted octanol–water partition coefficient (Wildman–Crippen LogP) is 2.22. The van der Waals surface area contributed by atoms with E-state index in [0.717, 1.165) is 6.92 Å². The molecule has 12 heavy (non-hydrogen) atoms. The van der Waals surface area contributed by atoms with Gasteiger partial charge in [-0.05, 0) is 27.7 Å². The summed E-state index contributed by atoms with van der Waals surface area (Å²) in [6, 6.07) is 0. The molecule has 0 aliphatic carbocycles. The van der Waals surface area contributed by atoms with E-state index in [4.69, 9.17) is 9.29 Å². The van der Waals surface area contributed by atoms with Crippen molar-refractivity contribution in [3.05, 3.63) is 0 Å². The van der Waals surface area contributed by atoms with Crippen molar-refractivity contribution in [1.29, 1.82) is 0 Å². The van der Waals surface area contributed by atoms with Gasteiger partial charge in [0.25, 0.3) is 5.00 Å². The van der Waals surface area contributed by atoms with Crippen LogP contribution in [0, 0.1) is 0 Å². The van der Waals surface area contributed by atoms with Crippen LogP contribution in [0.25, 0.3) is 0 Å². The summed E-state index contributed by atoms with van der Waals surface area (Å²) < 4.78 is 26.1. The lowest BCUT2D eigenvalue weighted by atomic mass is 10.2. The topological polar surface area (TPSA) is 46.5 Å². The second-order valence-corrected chi connectivity index (χ2v) is 4.46. The quantitative estimate of drug-likeness (QED) is 0.543. The Hall–Kier alpha value is -0.290. The van der Waals surface area contributed by atoms with Crippen LogP contribution in [-0.2, 0) is 9.53 Å². The van der Waals surface area contributed by atoms with Crippen LogP contribution in [-0.4, -0.2) is 21.1 Å². The number of hydrogen-bond acceptors (Lipinski definition) is 4. The number of esters is 1. The lowest BCUT2D eigenvalue weighted by Gasteiger charge is -2.23. The van der Waals surface area contributed by atoms with E-state index >= 15 is 0 Å². The van der Waals surface area contributed by atoms with Crippen LogP contribution in [0.5, 0.6) is 0 Å². The average Bonchev–Trinajstić information content (AvgIpc) is 1.84. The van der Waals surface area contributed by atoms with Gasteiger partial charge in [-0.3, -0.25) is 0 Å². The third-order valence-electron chi connectivity index (χ3n) is 0.935. The zero-order chi connectivity index (χ0) is 9.99. The molecule has 0 aliphatic rings. The summed E-state index contributed by atoms with van der Waals surface area (Å²) in [5, 5.41) is -2.38. The minimum atomic E-state index is -2.38. The summed E-state index contributed by atoms with van der Waals surface area (Å²) >= 11 is -0.165. The molecule has 0 radical (unpaired) electrons. The van der Waals surface area contributed by atoms with Gasteiger partial charge in [-0.2, -0.15) is 0 Å². The van der Waals surface area contributed by atoms with Crippen LogP contribution >= 0.6 is 12.0 Å². The Kier molecular flexibility index (Phi) is 3.53. The third-order valence-corrected chi connectivity index (χ3v) is 1.44. The normalized spacial score (nSPS) is 16.8. The largest absolute Gasteiger partial charge is 0.457 e. The standard InChI is InChI=1S/C7H13FO3S/c1-6(2,3)11-5(9)7(4,8)12-10/h10H,1-4H3. The van der Waals surface area contributed by atoms with Gasteiger partial charge >= 0.3 is 5.97 Å². The summed E-state index contributed by atoms with van der Waals surface area (Å²) in [5.74, 6) is -1.07. The van der Waals surface area contributed by atoms with E-state index in [1.807, 2.05) is 0 Å². The van der Waals surface area contributed by atoms with E-state index in [9.17, 15) is 9.18 Å². The molecule has 1 unspecified atom stereocenters. The summed E-state index contributed by atoms with van der Waals surface area (Å²) in [6.45, 7) is 5.83. The molecule has 0 heterocycles. The average molecular weight is 196 g/mol. The predicted molar refractivity (Wildman–Crippen MR) is 45.6 cm³/mol. The van der Waals surface area contributed by atoms with E-state index < -0.39 is 16.6 Å². The van der Waals surface area contributed by atoms with Crippen LogP contribution in [0.3, 0.4) is 0 Å². The molecule has 0 fully saturated rings. The molecule has 5 heteroatoms. The van der Waals surface area contributed by atoms with Crippen molar-refractivity contribution < 1.29 is 18.5 Å². The van der Waals surface area contributed by atoms with E-state index in [-0.39, 0.29) is 12.0 Å². The van der Waals surface area contributed by atoms with Gasteiger partial charge in [0.15, 0.2) is 0 Å². The van der Waals surface area contributed by atoms with Crippen LogP contribution in [0.2, 0.25) is 0 Å². The minimum Gasteiger partial charge on any atom is -0.457 e. The fraction of sp³-hybridized carbons (Fsp3) is 0.857. The molecule has 1 N–H and O–H groups in total. The van der Waals surface area contributed by atoms with Gasteiger partial charge in [0, 0.05) is 12.0 Å². The zero-order valence-electron chi connectivity index (χ0n) is 7.55. The maximum Gasteiger partial charge on any atom is 0.357 e. The van der Waals surface area contributed by atoms with Gasteiger partial charge in [0.05, 0.1) is 0 Å². The Morgan fingerprint density at radius 1 is 1.42 bits per heavy atom. The van der Waals surface area contributed by atoms with Crippen molar-refractivity contribution in [1.82, 2.24) is 0 Å². The number of hydrogen-bond donors (Lipinski definition) is 1. The molecule has 0 saturated heterocycles. The first-order valence-corrected chi connectivity index (χ1v) is 4.21. The molecule has 0 rings (SSSR count). The zero-order valence-corrected chi connectivity index (χ0v) is 8.37. The number of carbonyl (C=O) groups excluding carboxylic acids is 1. The molecule has 0 amide bonds. The van der Waals surface area contributed by atoms with Crippen LogP contribution in [0.4, 0.5) is 4.39 Å². The number of halogens is 1. The Bertz CT molecular complexity index is 174. The summed E-state index contributed by atoms with van der Waals surface area (Å²) in [5.41, 5.74) is -0.736. The lowest BCUT2D eigenvalue weighted by molar-refractivity contribution is -0.162. The maximum absolute atomic E-state index is 13.0. The molecule has 3 nitrogen and oxygen atoms in total. The van der Waals surface area contributed by atoms with Gasteiger partial charge in [0.2, 0.25) is 0 Å². The van der Waals surface area contributed by atoms with E-state index in [1.165, 1.54) is 0 Å². The molecule has 1 atom stereocenters. The van der Waals surface area contributed by atoms with Gasteiger partial charge in [-0.15, -0.1) is 0 Å². The van der Waals surface area contributed by atoms with E-state index in [2.05, 4.69) is 0 Å². The van der Waals surface area contributed by atoms with Crippen molar-refractivity contribution in [2.24, 2.45) is 0 Å². The van der Waals surface area contributed by atoms with Crippen molar-refractivity contribution in [2.45, 2.75) is 38.3 Å². The fourth-order valence-corrected chi connectivity index (χ4v) is 0.523. The van der Waals surface area contributed by atoms with Crippen molar-refractivity contribution in [3.8, 4) is 0 Å². The minimum absolute atomic E-state index is 0.165. The van der Waals surface area contributed by atoms with E-state index in [0.29, 0.717) is 0 Å². The second kappa shape index (κ2) is 3.62. The summed E-state index contributed by atoms with van der Waals surface area (Å²) in [7, 11) is 0. The first-order chi connectivity index (χ1) is 5.19. The first-order valence-electron chi connectivity index (χ1n) is 3.44. The lowest BCUT2D eigenvalue weighted by Crippen LogP contribution is -2.35. The molecule has 72 valence electrons. The fourth-order valence-electron chi connectivity index (χ4n) is 0.407. The van der Waals surface area contributed by atoms with Crippen LogP contribution in [0.1, 0.15) is 27.7 Å². The molecule has 0 saturated carbocycles.